The van der Waals surface area contributed by atoms with Gasteiger partial charge in [-0.25, -0.2) is 4.99 Å². The van der Waals surface area contributed by atoms with E-state index >= 15 is 0 Å². The van der Waals surface area contributed by atoms with E-state index in [4.69, 9.17) is 4.99 Å². The molecule has 2 aliphatic heterocycles. The number of rotatable bonds is 4. The van der Waals surface area contributed by atoms with Crippen molar-refractivity contribution in [3.8, 4) is 11.1 Å². The van der Waals surface area contributed by atoms with E-state index in [1.54, 1.807) is 12.4 Å². The zero-order chi connectivity index (χ0) is 23.5. The maximum absolute atomic E-state index is 5.05. The Labute approximate surface area is 202 Å². The number of piperidine rings is 1. The summed E-state index contributed by atoms with van der Waals surface area (Å²) in [6.45, 7) is 10.7. The van der Waals surface area contributed by atoms with Gasteiger partial charge in [-0.3, -0.25) is 4.98 Å². The van der Waals surface area contributed by atoms with Crippen LogP contribution in [-0.4, -0.2) is 40.9 Å². The second-order valence-corrected chi connectivity index (χ2v) is 8.95. The first-order valence-electron chi connectivity index (χ1n) is 11.8. The number of hydrogen-bond donors (Lipinski definition) is 0. The number of aromatic nitrogens is 1. The molecule has 2 aromatic carbocycles. The molecule has 0 radical (unpaired) electrons. The maximum atomic E-state index is 5.05. The summed E-state index contributed by atoms with van der Waals surface area (Å²) < 4.78 is 0. The van der Waals surface area contributed by atoms with Crippen LogP contribution in [0.5, 0.6) is 0 Å². The number of aliphatic imine (C=N–C) groups is 1. The Bertz CT molecular complexity index is 1260. The average Bonchev–Trinajstić information content (AvgIpc) is 2.91. The highest BCUT2D eigenvalue weighted by molar-refractivity contribution is 5.91. The van der Waals surface area contributed by atoms with E-state index in [2.05, 4.69) is 82.5 Å². The normalized spacial score (nSPS) is 18.4. The van der Waals surface area contributed by atoms with Gasteiger partial charge in [-0.15, -0.1) is 0 Å². The Morgan fingerprint density at radius 1 is 0.941 bits per heavy atom. The van der Waals surface area contributed by atoms with E-state index < -0.39 is 0 Å². The lowest BCUT2D eigenvalue weighted by molar-refractivity contribution is 0.275. The molecule has 0 spiro atoms. The number of benzene rings is 2. The van der Waals surface area contributed by atoms with Gasteiger partial charge in [-0.2, -0.15) is 0 Å². The fourth-order valence-electron chi connectivity index (χ4n) is 4.85. The minimum Gasteiger partial charge on any atom is -0.342 e. The highest BCUT2D eigenvalue weighted by Gasteiger charge is 2.29. The second kappa shape index (κ2) is 9.52. The first-order valence-corrected chi connectivity index (χ1v) is 11.8. The van der Waals surface area contributed by atoms with Gasteiger partial charge >= 0.3 is 0 Å². The molecule has 0 amide bonds. The van der Waals surface area contributed by atoms with E-state index in [1.165, 1.54) is 22.3 Å². The molecular formula is C30H30N4. The molecule has 0 N–H and O–H groups in total. The summed E-state index contributed by atoms with van der Waals surface area (Å²) in [4.78, 5) is 13.7. The van der Waals surface area contributed by atoms with Gasteiger partial charge in [0.1, 0.15) is 0 Å². The number of pyridine rings is 1. The highest BCUT2D eigenvalue weighted by atomic mass is 15.4. The molecule has 1 fully saturated rings. The number of hydrogen-bond acceptors (Lipinski definition) is 4. The highest BCUT2D eigenvalue weighted by Crippen LogP contribution is 2.36. The van der Waals surface area contributed by atoms with E-state index in [-0.39, 0.29) is 0 Å². The Balaban J connectivity index is 1.42. The summed E-state index contributed by atoms with van der Waals surface area (Å²) >= 11 is 0. The van der Waals surface area contributed by atoms with Crippen LogP contribution in [0.3, 0.4) is 0 Å². The molecule has 1 atom stereocenters. The summed E-state index contributed by atoms with van der Waals surface area (Å²) in [6, 6.07) is 23.2. The van der Waals surface area contributed by atoms with Crippen molar-refractivity contribution < 1.29 is 0 Å². The quantitative estimate of drug-likeness (QED) is 0.469. The lowest BCUT2D eigenvalue weighted by Gasteiger charge is -2.40. The number of guanidine groups is 1. The lowest BCUT2D eigenvalue weighted by Crippen LogP contribution is -2.47. The lowest BCUT2D eigenvalue weighted by atomic mass is 9.84. The van der Waals surface area contributed by atoms with Gasteiger partial charge in [0.05, 0.1) is 5.70 Å². The van der Waals surface area contributed by atoms with Gasteiger partial charge in [-0.05, 0) is 53.3 Å². The Morgan fingerprint density at radius 3 is 2.47 bits per heavy atom. The molecule has 0 bridgehead atoms. The van der Waals surface area contributed by atoms with Gasteiger partial charge in [-0.1, -0.05) is 67.8 Å². The van der Waals surface area contributed by atoms with Crippen LogP contribution >= 0.6 is 0 Å². The SMILES string of the molecule is C=C(c1ccccc1-c1ccccc1)C1CCCN(C2=NC(c3ccncc3)=CC(=C)N2C)C1. The molecule has 34 heavy (non-hydrogen) atoms. The van der Waals surface area contributed by atoms with Crippen LogP contribution in [0.1, 0.15) is 24.0 Å². The summed E-state index contributed by atoms with van der Waals surface area (Å²) in [6.07, 6.45) is 7.87. The van der Waals surface area contributed by atoms with Crippen LogP contribution in [0.2, 0.25) is 0 Å². The first-order chi connectivity index (χ1) is 16.6. The molecule has 3 heterocycles. The van der Waals surface area contributed by atoms with Crippen LogP contribution in [0.25, 0.3) is 22.4 Å². The number of allylic oxidation sites excluding steroid dienone is 1. The smallest absolute Gasteiger partial charge is 0.206 e. The molecule has 4 heteroatoms. The largest absolute Gasteiger partial charge is 0.342 e. The summed E-state index contributed by atoms with van der Waals surface area (Å²) in [7, 11) is 2.05. The third-order valence-corrected chi connectivity index (χ3v) is 6.79. The standard InChI is InChI=1S/C30H30N4/c1-22-20-29(25-15-17-31-18-16-25)32-30(33(22)3)34-19-9-12-26(21-34)23(2)27-13-7-8-14-28(27)24-10-5-4-6-11-24/h4-8,10-11,13-18,20,26H,1-2,9,12,19,21H2,3H3. The van der Waals surface area contributed by atoms with Crippen molar-refractivity contribution in [1.29, 1.82) is 0 Å². The topological polar surface area (TPSA) is 31.7 Å². The maximum Gasteiger partial charge on any atom is 0.206 e. The summed E-state index contributed by atoms with van der Waals surface area (Å²) in [5.74, 6) is 1.31. The van der Waals surface area contributed by atoms with E-state index in [9.17, 15) is 0 Å². The Hall–Kier alpha value is -3.92. The van der Waals surface area contributed by atoms with Crippen LogP contribution in [-0.2, 0) is 0 Å². The minimum absolute atomic E-state index is 0.359. The zero-order valence-electron chi connectivity index (χ0n) is 19.7. The van der Waals surface area contributed by atoms with Crippen molar-refractivity contribution in [1.82, 2.24) is 14.8 Å². The van der Waals surface area contributed by atoms with Crippen molar-refractivity contribution >= 4 is 17.2 Å². The molecule has 4 nitrogen and oxygen atoms in total. The van der Waals surface area contributed by atoms with Gasteiger partial charge in [0.25, 0.3) is 0 Å². The van der Waals surface area contributed by atoms with Crippen LogP contribution in [0.15, 0.2) is 109 Å². The monoisotopic (exact) mass is 446 g/mol. The van der Waals surface area contributed by atoms with Crippen molar-refractivity contribution in [3.63, 3.8) is 0 Å². The minimum atomic E-state index is 0.359. The molecule has 2 aliphatic rings. The molecule has 1 unspecified atom stereocenters. The molecule has 1 saturated heterocycles. The van der Waals surface area contributed by atoms with Gasteiger partial charge in [0.2, 0.25) is 5.96 Å². The predicted octanol–water partition coefficient (Wildman–Crippen LogP) is 6.33. The summed E-state index contributed by atoms with van der Waals surface area (Å²) in [5.41, 5.74) is 7.83. The zero-order valence-corrected chi connectivity index (χ0v) is 19.7. The van der Waals surface area contributed by atoms with E-state index in [0.29, 0.717) is 5.92 Å². The van der Waals surface area contributed by atoms with Gasteiger partial charge in [0, 0.05) is 49.7 Å². The van der Waals surface area contributed by atoms with Crippen molar-refractivity contribution in [2.45, 2.75) is 12.8 Å². The second-order valence-electron chi connectivity index (χ2n) is 8.95. The predicted molar refractivity (Wildman–Crippen MR) is 142 cm³/mol. The number of nitrogens with zero attached hydrogens (tertiary/aromatic N) is 4. The Morgan fingerprint density at radius 2 is 1.68 bits per heavy atom. The van der Waals surface area contributed by atoms with Crippen LogP contribution in [0.4, 0.5) is 0 Å². The third-order valence-electron chi connectivity index (χ3n) is 6.79. The molecule has 0 aliphatic carbocycles. The fourth-order valence-corrected chi connectivity index (χ4v) is 4.85. The van der Waals surface area contributed by atoms with Gasteiger partial charge in [0.15, 0.2) is 0 Å². The van der Waals surface area contributed by atoms with E-state index in [1.807, 2.05) is 25.3 Å². The molecule has 0 saturated carbocycles. The molecule has 3 aromatic rings. The number of likely N-dealkylation sites (tertiary alicyclic amines) is 1. The fraction of sp³-hybridized carbons (Fsp3) is 0.200. The molecule has 1 aromatic heterocycles. The summed E-state index contributed by atoms with van der Waals surface area (Å²) in [5, 5.41) is 0. The first kappa shape index (κ1) is 21.9. The molecular weight excluding hydrogens is 416 g/mol. The van der Waals surface area contributed by atoms with Crippen LogP contribution < -0.4 is 0 Å². The van der Waals surface area contributed by atoms with E-state index in [0.717, 1.165) is 48.8 Å². The third kappa shape index (κ3) is 4.32. The Kier molecular flexibility index (Phi) is 6.13. The van der Waals surface area contributed by atoms with Crippen molar-refractivity contribution in [2.24, 2.45) is 10.9 Å². The number of likely N-dealkylation sites (N-methyl/N-ethyl adjacent to an activating group) is 1. The van der Waals surface area contributed by atoms with Crippen molar-refractivity contribution in [2.75, 3.05) is 20.1 Å². The van der Waals surface area contributed by atoms with Crippen LogP contribution in [0, 0.1) is 5.92 Å². The van der Waals surface area contributed by atoms with Gasteiger partial charge < -0.3 is 9.80 Å². The molecule has 170 valence electrons. The average molecular weight is 447 g/mol. The van der Waals surface area contributed by atoms with Crippen molar-refractivity contribution in [3.05, 3.63) is 115 Å². The molecule has 5 rings (SSSR count).